The summed E-state index contributed by atoms with van der Waals surface area (Å²) in [6, 6.07) is 9.12. The summed E-state index contributed by atoms with van der Waals surface area (Å²) < 4.78 is 33.5. The molecule has 3 aromatic rings. The van der Waals surface area contributed by atoms with Crippen molar-refractivity contribution >= 4 is 45.1 Å². The van der Waals surface area contributed by atoms with E-state index in [0.717, 1.165) is 4.88 Å². The molecule has 2 aromatic heterocycles. The topological polar surface area (TPSA) is 101 Å². The lowest BCUT2D eigenvalue weighted by Crippen LogP contribution is -2.26. The van der Waals surface area contributed by atoms with Crippen LogP contribution >= 0.6 is 11.3 Å². The molecule has 0 aliphatic heterocycles. The van der Waals surface area contributed by atoms with Crippen molar-refractivity contribution in [3.05, 3.63) is 63.2 Å². The van der Waals surface area contributed by atoms with E-state index >= 15 is 0 Å². The highest BCUT2D eigenvalue weighted by Crippen LogP contribution is 2.24. The summed E-state index contributed by atoms with van der Waals surface area (Å²) in [5.41, 5.74) is 2.40. The van der Waals surface area contributed by atoms with Crippen molar-refractivity contribution in [1.82, 2.24) is 9.88 Å². The van der Waals surface area contributed by atoms with Gasteiger partial charge in [0.1, 0.15) is 11.4 Å². The molecule has 0 bridgehead atoms. The average molecular weight is 446 g/mol. The van der Waals surface area contributed by atoms with Crippen LogP contribution in [0.4, 0.5) is 5.69 Å². The summed E-state index contributed by atoms with van der Waals surface area (Å²) in [7, 11) is -3.64. The molecular weight excluding hydrogens is 422 g/mol. The van der Waals surface area contributed by atoms with E-state index < -0.39 is 10.0 Å². The molecule has 0 saturated heterocycles. The van der Waals surface area contributed by atoms with Crippen LogP contribution in [0.2, 0.25) is 0 Å². The van der Waals surface area contributed by atoms with Crippen LogP contribution in [0.15, 0.2) is 45.1 Å². The van der Waals surface area contributed by atoms with Gasteiger partial charge in [-0.1, -0.05) is 29.4 Å². The molecule has 0 radical (unpaired) electrons. The van der Waals surface area contributed by atoms with Gasteiger partial charge in [-0.25, -0.2) is 13.1 Å². The Kier molecular flexibility index (Phi) is 6.86. The van der Waals surface area contributed by atoms with Crippen LogP contribution in [0, 0.1) is 13.8 Å². The summed E-state index contributed by atoms with van der Waals surface area (Å²) in [6.45, 7) is 5.23. The number of sulfonamides is 1. The number of thiophene rings is 1. The van der Waals surface area contributed by atoms with Crippen molar-refractivity contribution in [2.75, 3.05) is 11.9 Å². The molecule has 2 N–H and O–H groups in total. The third-order valence-corrected chi connectivity index (χ3v) is 6.90. The van der Waals surface area contributed by atoms with Gasteiger partial charge < -0.3 is 9.84 Å². The summed E-state index contributed by atoms with van der Waals surface area (Å²) in [6.07, 6.45) is 4.01. The van der Waals surface area contributed by atoms with Gasteiger partial charge in [0, 0.05) is 18.3 Å². The second kappa shape index (κ2) is 9.38. The number of rotatable bonds is 8. The number of anilines is 1. The second-order valence-electron chi connectivity index (χ2n) is 6.77. The minimum Gasteiger partial charge on any atom is -0.354 e. The molecule has 0 spiro atoms. The Labute approximate surface area is 179 Å². The Morgan fingerprint density at radius 1 is 1.23 bits per heavy atom. The SMILES string of the molecule is CC(=O)Nc1c(C)noc1C=Cc1ccc(C)c(S(=O)(=O)NCCc2cccs2)c1. The molecule has 158 valence electrons. The predicted molar refractivity (Wildman–Crippen MR) is 119 cm³/mol. The van der Waals surface area contributed by atoms with Crippen LogP contribution in [0.1, 0.15) is 34.4 Å². The maximum absolute atomic E-state index is 12.8. The van der Waals surface area contributed by atoms with Crippen LogP contribution in [-0.4, -0.2) is 26.0 Å². The van der Waals surface area contributed by atoms with Crippen molar-refractivity contribution in [3.8, 4) is 0 Å². The van der Waals surface area contributed by atoms with Crippen LogP contribution in [0.25, 0.3) is 12.2 Å². The van der Waals surface area contributed by atoms with E-state index in [2.05, 4.69) is 15.2 Å². The lowest BCUT2D eigenvalue weighted by molar-refractivity contribution is -0.114. The minimum atomic E-state index is -3.64. The Morgan fingerprint density at radius 2 is 2.03 bits per heavy atom. The lowest BCUT2D eigenvalue weighted by atomic mass is 10.1. The molecule has 7 nitrogen and oxygen atoms in total. The number of amides is 1. The molecule has 2 heterocycles. The fourth-order valence-corrected chi connectivity index (χ4v) is 4.87. The quantitative estimate of drug-likeness (QED) is 0.546. The first kappa shape index (κ1) is 21.9. The number of nitrogens with zero attached hydrogens (tertiary/aromatic N) is 1. The Morgan fingerprint density at radius 3 is 2.73 bits per heavy atom. The molecular formula is C21H23N3O4S2. The summed E-state index contributed by atoms with van der Waals surface area (Å²) in [5, 5.41) is 8.52. The summed E-state index contributed by atoms with van der Waals surface area (Å²) in [5.74, 6) is 0.162. The molecule has 0 fully saturated rings. The van der Waals surface area contributed by atoms with Crippen LogP contribution in [0.5, 0.6) is 0 Å². The molecule has 3 rings (SSSR count). The van der Waals surface area contributed by atoms with E-state index in [0.29, 0.717) is 41.2 Å². The molecule has 0 saturated carbocycles. The molecule has 30 heavy (non-hydrogen) atoms. The Hall–Kier alpha value is -2.75. The van der Waals surface area contributed by atoms with Crippen LogP contribution < -0.4 is 10.0 Å². The van der Waals surface area contributed by atoms with E-state index in [4.69, 9.17) is 4.52 Å². The molecule has 1 amide bonds. The third-order valence-electron chi connectivity index (χ3n) is 4.36. The number of carbonyl (C=O) groups excluding carboxylic acids is 1. The highest BCUT2D eigenvalue weighted by Gasteiger charge is 2.17. The number of hydrogen-bond donors (Lipinski definition) is 2. The van der Waals surface area contributed by atoms with Gasteiger partial charge in [0.15, 0.2) is 5.76 Å². The molecule has 0 aliphatic carbocycles. The fraction of sp³-hybridized carbons (Fsp3) is 0.238. The van der Waals surface area contributed by atoms with E-state index in [-0.39, 0.29) is 10.8 Å². The standard InChI is InChI=1S/C21H23N3O4S2/c1-14-6-7-17(8-9-19-21(23-16(3)25)15(2)24-28-19)13-20(14)30(26,27)22-11-10-18-5-4-12-29-18/h4-9,12-13,22H,10-11H2,1-3H3,(H,23,25). The first-order chi connectivity index (χ1) is 14.3. The molecule has 1 aromatic carbocycles. The van der Waals surface area contributed by atoms with Crippen molar-refractivity contribution in [1.29, 1.82) is 0 Å². The second-order valence-corrected chi connectivity index (χ2v) is 9.54. The lowest BCUT2D eigenvalue weighted by Gasteiger charge is -2.10. The van der Waals surface area contributed by atoms with Crippen molar-refractivity contribution in [2.45, 2.75) is 32.1 Å². The number of hydrogen-bond acceptors (Lipinski definition) is 6. The number of carbonyl (C=O) groups is 1. The van der Waals surface area contributed by atoms with Gasteiger partial charge in [0.05, 0.1) is 4.90 Å². The van der Waals surface area contributed by atoms with E-state index in [9.17, 15) is 13.2 Å². The summed E-state index contributed by atoms with van der Waals surface area (Å²) in [4.78, 5) is 12.7. The predicted octanol–water partition coefficient (Wildman–Crippen LogP) is 4.00. The zero-order valence-electron chi connectivity index (χ0n) is 16.9. The first-order valence-electron chi connectivity index (χ1n) is 9.31. The maximum Gasteiger partial charge on any atom is 0.240 e. The van der Waals surface area contributed by atoms with Crippen molar-refractivity contribution in [2.24, 2.45) is 0 Å². The van der Waals surface area contributed by atoms with Gasteiger partial charge in [-0.3, -0.25) is 4.79 Å². The van der Waals surface area contributed by atoms with Gasteiger partial charge in [0.25, 0.3) is 0 Å². The summed E-state index contributed by atoms with van der Waals surface area (Å²) >= 11 is 1.60. The zero-order chi connectivity index (χ0) is 21.7. The van der Waals surface area contributed by atoms with Crippen LogP contribution in [-0.2, 0) is 21.2 Å². The number of benzene rings is 1. The van der Waals surface area contributed by atoms with E-state index in [1.54, 1.807) is 49.5 Å². The molecule has 0 unspecified atom stereocenters. The van der Waals surface area contributed by atoms with Gasteiger partial charge in [-0.2, -0.15) is 0 Å². The maximum atomic E-state index is 12.8. The minimum absolute atomic E-state index is 0.228. The molecule has 9 heteroatoms. The largest absolute Gasteiger partial charge is 0.354 e. The Bertz CT molecular complexity index is 1160. The van der Waals surface area contributed by atoms with Crippen molar-refractivity contribution < 1.29 is 17.7 Å². The van der Waals surface area contributed by atoms with E-state index in [1.807, 2.05) is 23.6 Å². The van der Waals surface area contributed by atoms with Gasteiger partial charge >= 0.3 is 0 Å². The smallest absolute Gasteiger partial charge is 0.240 e. The number of aryl methyl sites for hydroxylation is 2. The molecule has 0 aliphatic rings. The van der Waals surface area contributed by atoms with Gasteiger partial charge in [-0.15, -0.1) is 11.3 Å². The van der Waals surface area contributed by atoms with Crippen molar-refractivity contribution in [3.63, 3.8) is 0 Å². The first-order valence-corrected chi connectivity index (χ1v) is 11.7. The van der Waals surface area contributed by atoms with Crippen LogP contribution in [0.3, 0.4) is 0 Å². The molecule has 0 atom stereocenters. The van der Waals surface area contributed by atoms with Gasteiger partial charge in [0.2, 0.25) is 15.9 Å². The van der Waals surface area contributed by atoms with E-state index in [1.165, 1.54) is 6.92 Å². The normalized spacial score (nSPS) is 11.8. The highest BCUT2D eigenvalue weighted by molar-refractivity contribution is 7.89. The van der Waals surface area contributed by atoms with Gasteiger partial charge in [-0.05, 0) is 55.0 Å². The zero-order valence-corrected chi connectivity index (χ0v) is 18.6. The average Bonchev–Trinajstić information content (AvgIpc) is 3.31. The number of nitrogens with one attached hydrogen (secondary N) is 2. The highest BCUT2D eigenvalue weighted by atomic mass is 32.2. The monoisotopic (exact) mass is 445 g/mol. The fourth-order valence-electron chi connectivity index (χ4n) is 2.85. The number of aromatic nitrogens is 1. The third kappa shape index (κ3) is 5.44. The Balaban J connectivity index is 1.78.